The lowest BCUT2D eigenvalue weighted by molar-refractivity contribution is 0.00779. The molecule has 36 heavy (non-hydrogen) atoms. The molecule has 1 heterocycles. The lowest BCUT2D eigenvalue weighted by atomic mass is 9.77. The monoisotopic (exact) mass is 476 g/mol. The van der Waals surface area contributed by atoms with Gasteiger partial charge in [0.25, 0.3) is 6.41 Å². The van der Waals surface area contributed by atoms with Gasteiger partial charge in [-0.25, -0.2) is 0 Å². The van der Waals surface area contributed by atoms with Crippen LogP contribution in [-0.2, 0) is 12.6 Å². The fourth-order valence-electron chi connectivity index (χ4n) is 4.44. The molecular formula is C30H28N4O2. The Labute approximate surface area is 210 Å². The third-order valence-corrected chi connectivity index (χ3v) is 6.13. The molecule has 5 aromatic rings. The van der Waals surface area contributed by atoms with E-state index in [2.05, 4.69) is 52.1 Å². The summed E-state index contributed by atoms with van der Waals surface area (Å²) in [6, 6.07) is 40.1. The summed E-state index contributed by atoms with van der Waals surface area (Å²) in [4.78, 5) is 0. The van der Waals surface area contributed by atoms with E-state index in [0.717, 1.165) is 16.7 Å². The number of anilines is 2. The number of aliphatic hydroxyl groups is 1. The van der Waals surface area contributed by atoms with E-state index in [4.69, 9.17) is 4.74 Å². The van der Waals surface area contributed by atoms with E-state index in [1.54, 1.807) is 23.0 Å². The molecule has 5 rings (SSSR count). The highest BCUT2D eigenvalue weighted by molar-refractivity contribution is 5.69. The first kappa shape index (κ1) is 23.2. The van der Waals surface area contributed by atoms with Crippen LogP contribution in [0.1, 0.15) is 16.7 Å². The second-order valence-corrected chi connectivity index (χ2v) is 8.43. The molecule has 0 saturated carbocycles. The van der Waals surface area contributed by atoms with E-state index in [1.807, 2.05) is 79.8 Å². The number of ether oxygens (including phenoxy) is 1. The number of hydrogen-bond donors (Lipinski definition) is 3. The van der Waals surface area contributed by atoms with Gasteiger partial charge < -0.3 is 20.5 Å². The maximum absolute atomic E-state index is 10.6. The van der Waals surface area contributed by atoms with Crippen LogP contribution >= 0.6 is 0 Å². The van der Waals surface area contributed by atoms with Gasteiger partial charge in [-0.05, 0) is 28.8 Å². The van der Waals surface area contributed by atoms with E-state index in [9.17, 15) is 5.11 Å². The Hall–Kier alpha value is -4.55. The Balaban J connectivity index is 1.59. The van der Waals surface area contributed by atoms with Crippen LogP contribution in [-0.4, -0.2) is 21.3 Å². The predicted octanol–water partition coefficient (Wildman–Crippen LogP) is 5.59. The van der Waals surface area contributed by atoms with Crippen LogP contribution in [0.15, 0.2) is 128 Å². The highest BCUT2D eigenvalue weighted by Gasteiger charge is 2.37. The van der Waals surface area contributed by atoms with Crippen LogP contribution in [0, 0.1) is 0 Å². The number of aliphatic hydroxyl groups excluding tert-OH is 1. The third-order valence-electron chi connectivity index (χ3n) is 6.13. The van der Waals surface area contributed by atoms with Crippen molar-refractivity contribution in [3.8, 4) is 5.75 Å². The van der Waals surface area contributed by atoms with Crippen molar-refractivity contribution in [2.75, 3.05) is 10.6 Å². The van der Waals surface area contributed by atoms with Gasteiger partial charge in [-0.3, -0.25) is 4.68 Å². The quantitative estimate of drug-likeness (QED) is 0.191. The summed E-state index contributed by atoms with van der Waals surface area (Å²) in [5.41, 5.74) is 3.06. The number of aromatic nitrogens is 2. The molecule has 6 nitrogen and oxygen atoms in total. The fourth-order valence-corrected chi connectivity index (χ4v) is 4.44. The lowest BCUT2D eigenvalue weighted by Gasteiger charge is -2.38. The van der Waals surface area contributed by atoms with Crippen molar-refractivity contribution in [3.63, 3.8) is 0 Å². The molecule has 0 fully saturated rings. The van der Waals surface area contributed by atoms with Crippen molar-refractivity contribution >= 4 is 11.5 Å². The number of para-hydroxylation sites is 1. The molecule has 180 valence electrons. The van der Waals surface area contributed by atoms with Crippen LogP contribution in [0.25, 0.3) is 0 Å². The molecule has 1 atom stereocenters. The van der Waals surface area contributed by atoms with Gasteiger partial charge in [-0.15, -0.1) is 0 Å². The number of nitrogens with one attached hydrogen (secondary N) is 2. The van der Waals surface area contributed by atoms with Crippen LogP contribution < -0.4 is 15.4 Å². The van der Waals surface area contributed by atoms with Crippen LogP contribution in [0.2, 0.25) is 0 Å². The Morgan fingerprint density at radius 2 is 1.17 bits per heavy atom. The predicted molar refractivity (Wildman–Crippen MR) is 143 cm³/mol. The zero-order chi connectivity index (χ0) is 24.8. The lowest BCUT2D eigenvalue weighted by Crippen LogP contribution is -2.39. The molecule has 0 bridgehead atoms. The molecule has 0 saturated heterocycles. The Kier molecular flexibility index (Phi) is 6.69. The molecule has 4 aromatic carbocycles. The Morgan fingerprint density at radius 3 is 1.64 bits per heavy atom. The Morgan fingerprint density at radius 1 is 0.722 bits per heavy atom. The van der Waals surface area contributed by atoms with Crippen molar-refractivity contribution in [3.05, 3.63) is 144 Å². The van der Waals surface area contributed by atoms with Crippen LogP contribution in [0.4, 0.5) is 11.5 Å². The first-order valence-electron chi connectivity index (χ1n) is 11.8. The average Bonchev–Trinajstić information content (AvgIpc) is 3.27. The van der Waals surface area contributed by atoms with Crippen LogP contribution in [0.3, 0.4) is 0 Å². The number of aryl methyl sites for hydroxylation is 1. The normalized spacial score (nSPS) is 12.1. The number of benzene rings is 4. The van der Waals surface area contributed by atoms with Gasteiger partial charge in [-0.2, -0.15) is 5.10 Å². The summed E-state index contributed by atoms with van der Waals surface area (Å²) < 4.78 is 7.40. The summed E-state index contributed by atoms with van der Waals surface area (Å²) in [6.07, 6.45) is 0.405. The first-order chi connectivity index (χ1) is 17.7. The molecule has 0 aliphatic carbocycles. The van der Waals surface area contributed by atoms with E-state index in [-0.39, 0.29) is 0 Å². The minimum atomic E-state index is -1.27. The van der Waals surface area contributed by atoms with Crippen molar-refractivity contribution in [1.29, 1.82) is 0 Å². The van der Waals surface area contributed by atoms with Crippen LogP contribution in [0.5, 0.6) is 5.75 Å². The topological polar surface area (TPSA) is 71.3 Å². The summed E-state index contributed by atoms with van der Waals surface area (Å²) >= 11 is 0. The SMILES string of the molecule is Cn1ncc(NC(O)Oc2ccccc2)c1NC(c1ccccc1)(c1ccccc1)c1ccccc1. The first-order valence-corrected chi connectivity index (χ1v) is 11.8. The zero-order valence-corrected chi connectivity index (χ0v) is 20.0. The third kappa shape index (κ3) is 4.67. The van der Waals surface area contributed by atoms with Crippen molar-refractivity contribution in [2.45, 2.75) is 12.0 Å². The van der Waals surface area contributed by atoms with Gasteiger partial charge in [0.2, 0.25) is 0 Å². The zero-order valence-electron chi connectivity index (χ0n) is 20.0. The van der Waals surface area contributed by atoms with E-state index in [0.29, 0.717) is 17.3 Å². The minimum Gasteiger partial charge on any atom is -0.447 e. The number of nitrogens with zero attached hydrogens (tertiary/aromatic N) is 2. The molecule has 0 aliphatic heterocycles. The van der Waals surface area contributed by atoms with Gasteiger partial charge in [0.15, 0.2) is 0 Å². The maximum Gasteiger partial charge on any atom is 0.279 e. The standard InChI is InChI=1S/C30H28N4O2/c1-34-28(27(22-31-34)32-29(35)36-26-20-12-5-13-21-26)33-30(23-14-6-2-7-15-23,24-16-8-3-9-17-24)25-18-10-4-11-19-25/h2-22,29,32-33,35H,1H3. The Bertz CT molecular complexity index is 1280. The second-order valence-electron chi connectivity index (χ2n) is 8.43. The average molecular weight is 477 g/mol. The summed E-state index contributed by atoms with van der Waals surface area (Å²) in [7, 11) is 1.86. The second kappa shape index (κ2) is 10.4. The van der Waals surface area contributed by atoms with Gasteiger partial charge in [0.05, 0.1) is 6.20 Å². The van der Waals surface area contributed by atoms with Gasteiger partial charge in [0, 0.05) is 7.05 Å². The van der Waals surface area contributed by atoms with E-state index >= 15 is 0 Å². The van der Waals surface area contributed by atoms with Gasteiger partial charge in [0.1, 0.15) is 22.8 Å². The fraction of sp³-hybridized carbons (Fsp3) is 0.100. The van der Waals surface area contributed by atoms with Crippen molar-refractivity contribution in [2.24, 2.45) is 7.05 Å². The smallest absolute Gasteiger partial charge is 0.279 e. The summed E-state index contributed by atoms with van der Waals surface area (Å²) in [6.45, 7) is 0. The van der Waals surface area contributed by atoms with Gasteiger partial charge >= 0.3 is 0 Å². The number of hydrogen-bond acceptors (Lipinski definition) is 5. The van der Waals surface area contributed by atoms with Crippen molar-refractivity contribution < 1.29 is 9.84 Å². The molecule has 0 radical (unpaired) electrons. The highest BCUT2D eigenvalue weighted by Crippen LogP contribution is 2.41. The molecule has 0 amide bonds. The summed E-state index contributed by atoms with van der Waals surface area (Å²) in [5.74, 6) is 1.25. The largest absolute Gasteiger partial charge is 0.447 e. The maximum atomic E-state index is 10.6. The molecule has 0 spiro atoms. The van der Waals surface area contributed by atoms with Gasteiger partial charge in [-0.1, -0.05) is 109 Å². The molecule has 0 aliphatic rings. The van der Waals surface area contributed by atoms with E-state index < -0.39 is 12.0 Å². The molecule has 3 N–H and O–H groups in total. The molecule has 1 unspecified atom stereocenters. The minimum absolute atomic E-state index is 0.558. The van der Waals surface area contributed by atoms with Crippen molar-refractivity contribution in [1.82, 2.24) is 9.78 Å². The molecule has 1 aromatic heterocycles. The number of rotatable bonds is 9. The highest BCUT2D eigenvalue weighted by atomic mass is 16.6. The molecular weight excluding hydrogens is 448 g/mol. The molecule has 6 heteroatoms. The summed E-state index contributed by atoms with van der Waals surface area (Å²) in [5, 5.41) is 22.0. The van der Waals surface area contributed by atoms with E-state index in [1.165, 1.54) is 0 Å².